The van der Waals surface area contributed by atoms with Crippen molar-refractivity contribution in [3.05, 3.63) is 194 Å². The van der Waals surface area contributed by atoms with Gasteiger partial charge in [-0.05, 0) is 148 Å². The first-order valence-corrected chi connectivity index (χ1v) is 33.1. The van der Waals surface area contributed by atoms with Crippen LogP contribution in [0.3, 0.4) is 0 Å². The first kappa shape index (κ1) is 69.5. The van der Waals surface area contributed by atoms with Gasteiger partial charge in [-0.15, -0.1) is 0 Å². The minimum absolute atomic E-state index is 0.119. The molecule has 6 heterocycles. The summed E-state index contributed by atoms with van der Waals surface area (Å²) in [6.45, 7) is 5.79. The number of aliphatic hydroxyl groups excluding tert-OH is 1. The molecular formula is C73H69Cl2N9O17. The summed E-state index contributed by atoms with van der Waals surface area (Å²) in [6, 6.07) is 16.9. The van der Waals surface area contributed by atoms with E-state index in [9.17, 15) is 45.3 Å². The number of hydrogen-bond donors (Lipinski definition) is 15. The first-order valence-electron chi connectivity index (χ1n) is 32.3. The van der Waals surface area contributed by atoms with Crippen LogP contribution in [-0.2, 0) is 46.5 Å². The number of aromatic hydroxyl groups is 6. The van der Waals surface area contributed by atoms with Crippen LogP contribution in [0, 0.1) is 0 Å². The lowest BCUT2D eigenvalue weighted by atomic mass is 9.89. The molecule has 6 aliphatic rings. The number of rotatable bonds is 10. The van der Waals surface area contributed by atoms with Crippen molar-refractivity contribution in [1.29, 1.82) is 0 Å². The van der Waals surface area contributed by atoms with E-state index in [1.54, 1.807) is 0 Å². The van der Waals surface area contributed by atoms with Crippen molar-refractivity contribution >= 4 is 70.2 Å². The molecule has 0 unspecified atom stereocenters. The zero-order valence-electron chi connectivity index (χ0n) is 54.0. The maximum Gasteiger partial charge on any atom is 0.248 e. The number of nitrogens with one attached hydrogen (secondary N) is 7. The van der Waals surface area contributed by atoms with Crippen molar-refractivity contribution in [2.24, 2.45) is 5.73 Å². The zero-order valence-corrected chi connectivity index (χ0v) is 55.6. The molecule has 7 amide bonds. The van der Waals surface area contributed by atoms with E-state index in [0.717, 1.165) is 93.0 Å². The van der Waals surface area contributed by atoms with Gasteiger partial charge in [0.2, 0.25) is 47.1 Å². The summed E-state index contributed by atoms with van der Waals surface area (Å²) < 4.78 is 18.6. The molecule has 0 aromatic heterocycles. The monoisotopic (exact) mass is 1410 g/mol. The quantitative estimate of drug-likeness (QED) is 0.0609. The van der Waals surface area contributed by atoms with E-state index in [-0.39, 0.29) is 90.5 Å². The van der Waals surface area contributed by atoms with Crippen molar-refractivity contribution in [2.75, 3.05) is 18.0 Å². The zero-order chi connectivity index (χ0) is 71.7. The number of phenolic OH excluding ortho intramolecular Hbond substituents is 6. The van der Waals surface area contributed by atoms with Gasteiger partial charge in [0.1, 0.15) is 88.6 Å². The smallest absolute Gasteiger partial charge is 0.248 e. The number of carbonyl (C=O) groups is 7. The number of amides is 7. The van der Waals surface area contributed by atoms with Gasteiger partial charge in [0.05, 0.1) is 10.0 Å². The summed E-state index contributed by atoms with van der Waals surface area (Å²) in [7, 11) is 0. The Morgan fingerprint density at radius 1 is 0.535 bits per heavy atom. The molecule has 26 nitrogen and oxygen atoms in total. The Kier molecular flexibility index (Phi) is 20.1. The van der Waals surface area contributed by atoms with E-state index in [1.165, 1.54) is 66.7 Å². The van der Waals surface area contributed by atoms with Gasteiger partial charge in [-0.3, -0.25) is 33.6 Å². The van der Waals surface area contributed by atoms with E-state index in [2.05, 4.69) is 56.0 Å². The fourth-order valence-electron chi connectivity index (χ4n) is 12.4. The predicted molar refractivity (Wildman–Crippen MR) is 368 cm³/mol. The van der Waals surface area contributed by atoms with Crippen LogP contribution in [0.5, 0.6) is 69.0 Å². The molecule has 0 saturated heterocycles. The van der Waals surface area contributed by atoms with Crippen LogP contribution >= 0.6 is 23.2 Å². The minimum atomic E-state index is -2.16. The van der Waals surface area contributed by atoms with E-state index in [1.807, 2.05) is 24.3 Å². The molecule has 0 radical (unpaired) electrons. The number of nitrogens with two attached hydrogens (primary N) is 1. The molecule has 17 bridgehead atoms. The average molecular weight is 1420 g/mol. The van der Waals surface area contributed by atoms with Crippen LogP contribution in [0.1, 0.15) is 120 Å². The molecule has 0 aliphatic carbocycles. The molecule has 0 fully saturated rings. The molecule has 101 heavy (non-hydrogen) atoms. The minimum Gasteiger partial charge on any atom is -0.508 e. The van der Waals surface area contributed by atoms with Crippen molar-refractivity contribution in [1.82, 2.24) is 37.2 Å². The highest BCUT2D eigenvalue weighted by Gasteiger charge is 2.41. The van der Waals surface area contributed by atoms with Crippen LogP contribution in [0.15, 0.2) is 140 Å². The first-order chi connectivity index (χ1) is 48.4. The Balaban J connectivity index is 1.01. The molecule has 0 saturated carbocycles. The van der Waals surface area contributed by atoms with Gasteiger partial charge in [0, 0.05) is 55.0 Å². The lowest BCUT2D eigenvalue weighted by Gasteiger charge is -2.31. The van der Waals surface area contributed by atoms with Gasteiger partial charge in [0.15, 0.2) is 23.0 Å². The van der Waals surface area contributed by atoms with Crippen LogP contribution in [-0.4, -0.2) is 102 Å². The molecule has 16 N–H and O–H groups in total. The highest BCUT2D eigenvalue weighted by atomic mass is 35.5. The predicted octanol–water partition coefficient (Wildman–Crippen LogP) is 8.62. The number of unbranched alkanes of at least 4 members (excludes halogenated alkanes) is 2. The SMILES string of the molecule is CCCCN(CCCC)c1ccc(CNC(=O)[C@H]2NC(=O)[C@H]3NC(=O)[C@H](NC(=O)[C@@H]4NC(=O)[C@H]5NC(=O)[C@@H](Cc6ccc(c(Cl)c6)Oc6cc4cc(c6O)Oc4ccc(cc4Cl)[C@H]3O)NC(=O)[C@@H](N)c3ccc(O)c(c3)Oc3cc(O)cc5c3)c3ccc(O)c(c3)-c3c(O)cc(O)cc32)cc1. The molecule has 8 aromatic carbocycles. The summed E-state index contributed by atoms with van der Waals surface area (Å²) in [5, 5.41) is 100. The summed E-state index contributed by atoms with van der Waals surface area (Å²) >= 11 is 13.9. The molecule has 6 aliphatic heterocycles. The van der Waals surface area contributed by atoms with Crippen molar-refractivity contribution in [3.63, 3.8) is 0 Å². The van der Waals surface area contributed by atoms with E-state index in [0.29, 0.717) is 11.1 Å². The van der Waals surface area contributed by atoms with E-state index < -0.39 is 136 Å². The molecule has 0 spiro atoms. The number of benzene rings is 8. The maximum atomic E-state index is 16.0. The third kappa shape index (κ3) is 14.8. The molecular weight excluding hydrogens is 1350 g/mol. The highest BCUT2D eigenvalue weighted by molar-refractivity contribution is 6.32. The normalized spacial score (nSPS) is 20.3. The van der Waals surface area contributed by atoms with Crippen molar-refractivity contribution < 1.29 is 83.5 Å². The van der Waals surface area contributed by atoms with Gasteiger partial charge in [-0.25, -0.2) is 0 Å². The van der Waals surface area contributed by atoms with Gasteiger partial charge in [0.25, 0.3) is 0 Å². The summed E-state index contributed by atoms with van der Waals surface area (Å²) in [5.41, 5.74) is 6.63. The summed E-state index contributed by atoms with van der Waals surface area (Å²) in [5.74, 6) is -13.5. The van der Waals surface area contributed by atoms with Gasteiger partial charge in [-0.2, -0.15) is 0 Å². The third-order valence-corrected chi connectivity index (χ3v) is 18.4. The second-order valence-corrected chi connectivity index (χ2v) is 25.7. The fraction of sp³-hybridized carbons (Fsp3) is 0.247. The molecule has 28 heteroatoms. The summed E-state index contributed by atoms with van der Waals surface area (Å²) in [4.78, 5) is 109. The number of nitrogens with zero attached hydrogens (tertiary/aromatic N) is 1. The molecule has 8 atom stereocenters. The maximum absolute atomic E-state index is 16.0. The van der Waals surface area contributed by atoms with Crippen LogP contribution in [0.25, 0.3) is 11.1 Å². The molecule has 522 valence electrons. The number of carbonyl (C=O) groups excluding carboxylic acids is 7. The number of halogens is 2. The lowest BCUT2D eigenvalue weighted by molar-refractivity contribution is -0.137. The summed E-state index contributed by atoms with van der Waals surface area (Å²) in [6.07, 6.45) is 1.51. The van der Waals surface area contributed by atoms with Crippen LogP contribution in [0.4, 0.5) is 5.69 Å². The number of ether oxygens (including phenoxy) is 3. The molecule has 14 rings (SSSR count). The van der Waals surface area contributed by atoms with Crippen LogP contribution < -0.4 is 62.1 Å². The molecule has 8 aromatic rings. The Bertz CT molecular complexity index is 4630. The fourth-order valence-corrected chi connectivity index (χ4v) is 12.9. The van der Waals surface area contributed by atoms with Gasteiger partial charge >= 0.3 is 0 Å². The van der Waals surface area contributed by atoms with E-state index in [4.69, 9.17) is 43.1 Å². The van der Waals surface area contributed by atoms with Gasteiger partial charge < -0.3 is 97.8 Å². The third-order valence-electron chi connectivity index (χ3n) is 17.8. The van der Waals surface area contributed by atoms with E-state index >= 15 is 24.0 Å². The lowest BCUT2D eigenvalue weighted by Crippen LogP contribution is -2.55. The van der Waals surface area contributed by atoms with Crippen molar-refractivity contribution in [2.45, 2.75) is 101 Å². The number of phenols is 6. The van der Waals surface area contributed by atoms with Crippen molar-refractivity contribution in [3.8, 4) is 80.1 Å². The Labute approximate surface area is 587 Å². The Morgan fingerprint density at radius 2 is 1.12 bits per heavy atom. The number of aliphatic hydroxyl groups is 1. The highest BCUT2D eigenvalue weighted by Crippen LogP contribution is 2.48. The largest absolute Gasteiger partial charge is 0.508 e. The standard InChI is InChI=1S/C73H69Cl2N9O17/c1-3-5-19-84(20-6-4-2)41-13-7-34(8-14-41)33-77-69(94)63-46-31-43(86)32-52(89)58(46)45-25-37(11-15-50(45)87)60-70(95)83-64(73(98)82-63)65(90)38-12-18-54(48(75)26-38)101-57-29-40-28-56(66(57)91)100-53-17-9-35(21-47(53)74)22-49-67(92)79-61(71(96)81-62(40)72(97)80-60)39-23-42(85)30-44(24-39)99-55-27-36(10-16-51(55)88)59(76)68(93)78-49/h7-18,21,23-32,49,59-65,85-91H,3-6,19-20,22,33,76H2,1-2H3,(H,77,94)(H,78,93)(H,79,92)(H,80,97)(H,81,96)(H,82,98)(H,83,95)/t49-,59+,60-,61+,62-,63+,64+,65-/m1/s1. The second-order valence-electron chi connectivity index (χ2n) is 24.8. The Hall–Kier alpha value is -11.5. The number of anilines is 1. The van der Waals surface area contributed by atoms with Gasteiger partial charge in [-0.1, -0.05) is 86.3 Å². The van der Waals surface area contributed by atoms with Crippen LogP contribution in [0.2, 0.25) is 10.0 Å². The topological polar surface area (TPSA) is 402 Å². The Morgan fingerprint density at radius 3 is 1.78 bits per heavy atom. The average Bonchev–Trinajstić information content (AvgIpc) is 0.766. The second kappa shape index (κ2) is 29.2. The number of hydrogen-bond acceptors (Lipinski definition) is 19. The number of fused-ring (bicyclic) bond motifs is 14.